The van der Waals surface area contributed by atoms with E-state index in [9.17, 15) is 4.79 Å². The second kappa shape index (κ2) is 2.67. The summed E-state index contributed by atoms with van der Waals surface area (Å²) in [4.78, 5) is 10.8. The molecule has 1 saturated carbocycles. The number of alkyl halides is 1. The number of cyclic esters (lactones) is 1. The Hall–Kier alpha value is -0.240. The Kier molecular flexibility index (Phi) is 1.80. The van der Waals surface area contributed by atoms with E-state index in [1.807, 2.05) is 0 Å². The van der Waals surface area contributed by atoms with E-state index in [1.165, 1.54) is 0 Å². The lowest BCUT2D eigenvalue weighted by molar-refractivity contribution is -0.151. The first-order chi connectivity index (χ1) is 5.25. The van der Waals surface area contributed by atoms with E-state index in [0.717, 1.165) is 12.8 Å². The number of halogens is 1. The SMILES string of the molecule is O=C1C[C@H]2C[C@H](Cl)C[C@H]2CO1. The van der Waals surface area contributed by atoms with Crippen LogP contribution in [0.2, 0.25) is 0 Å². The smallest absolute Gasteiger partial charge is 0.306 e. The van der Waals surface area contributed by atoms with Gasteiger partial charge in [0.2, 0.25) is 0 Å². The molecule has 11 heavy (non-hydrogen) atoms. The topological polar surface area (TPSA) is 26.3 Å². The highest BCUT2D eigenvalue weighted by Gasteiger charge is 2.38. The second-order valence-electron chi connectivity index (χ2n) is 3.48. The quantitative estimate of drug-likeness (QED) is 0.412. The zero-order valence-corrected chi connectivity index (χ0v) is 7.01. The minimum absolute atomic E-state index is 0.0444. The summed E-state index contributed by atoms with van der Waals surface area (Å²) in [7, 11) is 0. The van der Waals surface area contributed by atoms with Gasteiger partial charge in [-0.05, 0) is 24.7 Å². The number of carbonyl (C=O) groups excluding carboxylic acids is 1. The molecule has 1 aliphatic carbocycles. The van der Waals surface area contributed by atoms with Crippen molar-refractivity contribution in [3.63, 3.8) is 0 Å². The van der Waals surface area contributed by atoms with Crippen molar-refractivity contribution < 1.29 is 9.53 Å². The first kappa shape index (κ1) is 7.41. The van der Waals surface area contributed by atoms with Crippen LogP contribution in [0, 0.1) is 11.8 Å². The molecule has 0 bridgehead atoms. The zero-order valence-electron chi connectivity index (χ0n) is 6.25. The van der Waals surface area contributed by atoms with Gasteiger partial charge >= 0.3 is 5.97 Å². The minimum Gasteiger partial charge on any atom is -0.465 e. The molecule has 2 rings (SSSR count). The van der Waals surface area contributed by atoms with Crippen LogP contribution in [0.25, 0.3) is 0 Å². The highest BCUT2D eigenvalue weighted by molar-refractivity contribution is 6.20. The predicted octanol–water partition coefficient (Wildman–Crippen LogP) is 1.57. The summed E-state index contributed by atoms with van der Waals surface area (Å²) in [6.07, 6.45) is 2.62. The molecule has 3 heteroatoms. The number of hydrogen-bond donors (Lipinski definition) is 0. The van der Waals surface area contributed by atoms with Crippen molar-refractivity contribution in [2.75, 3.05) is 6.61 Å². The fourth-order valence-electron chi connectivity index (χ4n) is 2.07. The molecule has 0 N–H and O–H groups in total. The molecule has 0 aromatic carbocycles. The van der Waals surface area contributed by atoms with Crippen LogP contribution in [0.3, 0.4) is 0 Å². The Morgan fingerprint density at radius 1 is 1.36 bits per heavy atom. The van der Waals surface area contributed by atoms with Crippen LogP contribution in [-0.4, -0.2) is 18.0 Å². The highest BCUT2D eigenvalue weighted by atomic mass is 35.5. The normalized spacial score (nSPS) is 43.4. The van der Waals surface area contributed by atoms with Gasteiger partial charge in [0.15, 0.2) is 0 Å². The third-order valence-electron chi connectivity index (χ3n) is 2.67. The monoisotopic (exact) mass is 174 g/mol. The lowest BCUT2D eigenvalue weighted by Crippen LogP contribution is -2.26. The summed E-state index contributed by atoms with van der Waals surface area (Å²) < 4.78 is 4.94. The Morgan fingerprint density at radius 3 is 2.91 bits per heavy atom. The fraction of sp³-hybridized carbons (Fsp3) is 0.875. The predicted molar refractivity (Wildman–Crippen MR) is 41.4 cm³/mol. The molecular weight excluding hydrogens is 164 g/mol. The van der Waals surface area contributed by atoms with Crippen LogP contribution in [0.15, 0.2) is 0 Å². The average molecular weight is 175 g/mol. The van der Waals surface area contributed by atoms with E-state index >= 15 is 0 Å². The molecule has 0 spiro atoms. The molecule has 0 aromatic rings. The van der Waals surface area contributed by atoms with Crippen LogP contribution in [-0.2, 0) is 9.53 Å². The van der Waals surface area contributed by atoms with Crippen molar-refractivity contribution in [1.82, 2.24) is 0 Å². The number of ether oxygens (including phenoxy) is 1. The second-order valence-corrected chi connectivity index (χ2v) is 4.09. The van der Waals surface area contributed by atoms with Crippen LogP contribution in [0.1, 0.15) is 19.3 Å². The lowest BCUT2D eigenvalue weighted by Gasteiger charge is -2.23. The van der Waals surface area contributed by atoms with Crippen LogP contribution < -0.4 is 0 Å². The summed E-state index contributed by atoms with van der Waals surface area (Å²) in [5.74, 6) is 1.02. The number of hydrogen-bond acceptors (Lipinski definition) is 2. The van der Waals surface area contributed by atoms with Gasteiger partial charge in [-0.25, -0.2) is 0 Å². The summed E-state index contributed by atoms with van der Waals surface area (Å²) in [5.41, 5.74) is 0. The van der Waals surface area contributed by atoms with E-state index in [4.69, 9.17) is 16.3 Å². The number of fused-ring (bicyclic) bond motifs is 1. The summed E-state index contributed by atoms with van der Waals surface area (Å²) >= 11 is 5.97. The maximum absolute atomic E-state index is 10.8. The maximum atomic E-state index is 10.8. The van der Waals surface area contributed by atoms with E-state index in [-0.39, 0.29) is 11.3 Å². The van der Waals surface area contributed by atoms with Gasteiger partial charge in [-0.3, -0.25) is 4.79 Å². The van der Waals surface area contributed by atoms with Gasteiger partial charge in [-0.1, -0.05) is 0 Å². The van der Waals surface area contributed by atoms with Crippen molar-refractivity contribution in [2.45, 2.75) is 24.6 Å². The first-order valence-electron chi connectivity index (χ1n) is 4.05. The van der Waals surface area contributed by atoms with Crippen LogP contribution >= 0.6 is 11.6 Å². The van der Waals surface area contributed by atoms with E-state index in [0.29, 0.717) is 24.9 Å². The standard InChI is InChI=1S/C8H11ClO2/c9-7-1-5-3-8(10)11-4-6(5)2-7/h5-7H,1-4H2/t5-,6+,7+/m1/s1. The molecular formula is C8H11ClO2. The molecule has 2 aliphatic rings. The molecule has 2 fully saturated rings. The van der Waals surface area contributed by atoms with E-state index in [1.54, 1.807) is 0 Å². The third kappa shape index (κ3) is 1.36. The van der Waals surface area contributed by atoms with Crippen molar-refractivity contribution in [2.24, 2.45) is 11.8 Å². The molecule has 1 aliphatic heterocycles. The van der Waals surface area contributed by atoms with Crippen molar-refractivity contribution in [3.05, 3.63) is 0 Å². The van der Waals surface area contributed by atoms with Crippen molar-refractivity contribution in [3.8, 4) is 0 Å². The zero-order chi connectivity index (χ0) is 7.84. The Balaban J connectivity index is 2.02. The van der Waals surface area contributed by atoms with E-state index in [2.05, 4.69) is 0 Å². The Morgan fingerprint density at radius 2 is 2.09 bits per heavy atom. The van der Waals surface area contributed by atoms with Gasteiger partial charge < -0.3 is 4.74 Å². The van der Waals surface area contributed by atoms with Gasteiger partial charge in [0.1, 0.15) is 0 Å². The molecule has 1 saturated heterocycles. The molecule has 1 heterocycles. The molecule has 0 radical (unpaired) electrons. The van der Waals surface area contributed by atoms with Gasteiger partial charge in [-0.15, -0.1) is 11.6 Å². The minimum atomic E-state index is -0.0444. The molecule has 0 amide bonds. The molecule has 3 atom stereocenters. The molecule has 62 valence electrons. The van der Waals surface area contributed by atoms with Crippen LogP contribution in [0.4, 0.5) is 0 Å². The number of esters is 1. The highest BCUT2D eigenvalue weighted by Crippen LogP contribution is 2.39. The fourth-order valence-corrected chi connectivity index (χ4v) is 2.52. The van der Waals surface area contributed by atoms with E-state index < -0.39 is 0 Å². The van der Waals surface area contributed by atoms with Gasteiger partial charge in [0.25, 0.3) is 0 Å². The lowest BCUT2D eigenvalue weighted by atomic mass is 9.92. The molecule has 0 unspecified atom stereocenters. The largest absolute Gasteiger partial charge is 0.465 e. The summed E-state index contributed by atoms with van der Waals surface area (Å²) in [6.45, 7) is 0.604. The van der Waals surface area contributed by atoms with Crippen LogP contribution in [0.5, 0.6) is 0 Å². The molecule has 0 aromatic heterocycles. The van der Waals surface area contributed by atoms with Gasteiger partial charge in [0, 0.05) is 11.8 Å². The first-order valence-corrected chi connectivity index (χ1v) is 4.49. The van der Waals surface area contributed by atoms with Gasteiger partial charge in [0.05, 0.1) is 6.61 Å². The maximum Gasteiger partial charge on any atom is 0.306 e. The Bertz CT molecular complexity index is 181. The number of carbonyl (C=O) groups is 1. The summed E-state index contributed by atoms with van der Waals surface area (Å²) in [6, 6.07) is 0. The number of rotatable bonds is 0. The average Bonchev–Trinajstić information content (AvgIpc) is 2.27. The Labute approximate surface area is 70.9 Å². The summed E-state index contributed by atoms with van der Waals surface area (Å²) in [5, 5.41) is 0.277. The van der Waals surface area contributed by atoms with Gasteiger partial charge in [-0.2, -0.15) is 0 Å². The van der Waals surface area contributed by atoms with Crippen molar-refractivity contribution >= 4 is 17.6 Å². The van der Waals surface area contributed by atoms with Crippen molar-refractivity contribution in [1.29, 1.82) is 0 Å². The third-order valence-corrected chi connectivity index (χ3v) is 3.03. The molecule has 2 nitrogen and oxygen atoms in total.